The quantitative estimate of drug-likeness (QED) is 0.364. The number of nitrogens with one attached hydrogen (secondary N) is 2. The molecule has 238 valence electrons. The number of aryl methyl sites for hydroxylation is 1. The maximum Gasteiger partial charge on any atom is 0.322 e. The molecule has 3 saturated heterocycles. The topological polar surface area (TPSA) is 111 Å². The largest absolute Gasteiger partial charge is 0.397 e. The van der Waals surface area contributed by atoms with Crippen LogP contribution in [0, 0.1) is 24.7 Å². The van der Waals surface area contributed by atoms with E-state index in [1.165, 1.54) is 17.7 Å². The Morgan fingerprint density at radius 2 is 1.70 bits per heavy atom. The summed E-state index contributed by atoms with van der Waals surface area (Å²) >= 11 is 8.08. The number of fused-ring (bicyclic) bond motifs is 1. The number of anilines is 2. The van der Waals surface area contributed by atoms with Crippen LogP contribution in [0.15, 0.2) is 23.6 Å². The van der Waals surface area contributed by atoms with Crippen molar-refractivity contribution in [2.75, 3.05) is 50.3 Å². The molecule has 44 heavy (non-hydrogen) atoms. The van der Waals surface area contributed by atoms with Gasteiger partial charge in [-0.2, -0.15) is 0 Å². The molecule has 0 unspecified atom stereocenters. The number of nitrogens with zero attached hydrogens (tertiary/aromatic N) is 3. The molecule has 6 rings (SSSR count). The van der Waals surface area contributed by atoms with Crippen molar-refractivity contribution in [2.24, 2.45) is 17.8 Å². The van der Waals surface area contributed by atoms with E-state index < -0.39 is 5.92 Å². The van der Waals surface area contributed by atoms with E-state index in [0.29, 0.717) is 42.7 Å². The van der Waals surface area contributed by atoms with Gasteiger partial charge in [0.05, 0.1) is 28.9 Å². The Labute approximate surface area is 269 Å². The molecular formula is C33H45ClN6O3S. The lowest BCUT2D eigenvalue weighted by atomic mass is 9.79. The fourth-order valence-electron chi connectivity index (χ4n) is 7.69. The first-order chi connectivity index (χ1) is 21.3. The lowest BCUT2D eigenvalue weighted by Gasteiger charge is -2.40. The summed E-state index contributed by atoms with van der Waals surface area (Å²) in [6, 6.07) is 5.81. The molecular weight excluding hydrogens is 596 g/mol. The lowest BCUT2D eigenvalue weighted by molar-refractivity contribution is -0.143. The van der Waals surface area contributed by atoms with Crippen molar-refractivity contribution in [3.63, 3.8) is 0 Å². The van der Waals surface area contributed by atoms with Crippen molar-refractivity contribution >= 4 is 52.2 Å². The predicted octanol–water partition coefficient (Wildman–Crippen LogP) is 5.12. The van der Waals surface area contributed by atoms with Gasteiger partial charge in [-0.1, -0.05) is 17.7 Å². The van der Waals surface area contributed by atoms with E-state index in [2.05, 4.69) is 10.6 Å². The van der Waals surface area contributed by atoms with Gasteiger partial charge in [-0.05, 0) is 105 Å². The van der Waals surface area contributed by atoms with Crippen molar-refractivity contribution in [3.8, 4) is 0 Å². The van der Waals surface area contributed by atoms with Gasteiger partial charge in [-0.3, -0.25) is 9.59 Å². The number of urea groups is 1. The number of amides is 4. The third-order valence-electron chi connectivity index (χ3n) is 10.4. The maximum atomic E-state index is 14.1. The number of carbonyl (C=O) groups is 3. The van der Waals surface area contributed by atoms with Crippen LogP contribution in [0.5, 0.6) is 0 Å². The Kier molecular flexibility index (Phi) is 9.68. The normalized spacial score (nSPS) is 21.2. The minimum atomic E-state index is -0.458. The number of carbonyl (C=O) groups excluding carboxylic acids is 3. The zero-order valence-corrected chi connectivity index (χ0v) is 27.2. The first-order valence-electron chi connectivity index (χ1n) is 16.2. The third-order valence-corrected chi connectivity index (χ3v) is 11.6. The summed E-state index contributed by atoms with van der Waals surface area (Å²) in [5, 5.41) is 8.95. The van der Waals surface area contributed by atoms with E-state index in [1.807, 2.05) is 45.2 Å². The van der Waals surface area contributed by atoms with Gasteiger partial charge < -0.3 is 31.1 Å². The van der Waals surface area contributed by atoms with Crippen molar-refractivity contribution in [1.29, 1.82) is 0 Å². The summed E-state index contributed by atoms with van der Waals surface area (Å²) < 4.78 is 0. The predicted molar refractivity (Wildman–Crippen MR) is 176 cm³/mol. The highest BCUT2D eigenvalue weighted by Crippen LogP contribution is 2.34. The summed E-state index contributed by atoms with van der Waals surface area (Å²) in [5.41, 5.74) is 9.38. The van der Waals surface area contributed by atoms with Crippen LogP contribution in [-0.2, 0) is 22.6 Å². The number of nitrogen functional groups attached to an aromatic ring is 1. The van der Waals surface area contributed by atoms with Gasteiger partial charge in [0.15, 0.2) is 0 Å². The molecule has 0 saturated carbocycles. The molecule has 2 aromatic rings. The number of hydrogen-bond donors (Lipinski definition) is 3. The minimum Gasteiger partial charge on any atom is -0.397 e. The summed E-state index contributed by atoms with van der Waals surface area (Å²) in [6.07, 6.45) is 6.60. The fraction of sp³-hybridized carbons (Fsp3) is 0.606. The molecule has 0 aliphatic carbocycles. The van der Waals surface area contributed by atoms with Gasteiger partial charge in [0.1, 0.15) is 0 Å². The van der Waals surface area contributed by atoms with Crippen LogP contribution >= 0.6 is 22.9 Å². The SMILES string of the molecule is Cc1cc(C[C@@H](CC(=O)N2CCC(N3Cc4sccc4NC3=O)CC2)C(=O)N2CCC(C3CCNCC3)CC2)cc(Cl)c1N. The molecule has 0 spiro atoms. The molecule has 0 bridgehead atoms. The summed E-state index contributed by atoms with van der Waals surface area (Å²) in [6.45, 7) is 7.41. The van der Waals surface area contributed by atoms with Gasteiger partial charge in [0.2, 0.25) is 11.8 Å². The smallest absolute Gasteiger partial charge is 0.322 e. The number of halogens is 1. The van der Waals surface area contributed by atoms with E-state index in [-0.39, 0.29) is 30.3 Å². The van der Waals surface area contributed by atoms with E-state index in [4.69, 9.17) is 17.3 Å². The fourth-order valence-corrected chi connectivity index (χ4v) is 8.81. The zero-order valence-electron chi connectivity index (χ0n) is 25.7. The number of rotatable bonds is 7. The van der Waals surface area contributed by atoms with Gasteiger partial charge in [-0.15, -0.1) is 11.3 Å². The number of likely N-dealkylation sites (tertiary alicyclic amines) is 2. The van der Waals surface area contributed by atoms with E-state index in [9.17, 15) is 14.4 Å². The number of nitrogens with two attached hydrogens (primary N) is 1. The average molecular weight is 641 g/mol. The molecule has 3 fully saturated rings. The Morgan fingerprint density at radius 1 is 1.02 bits per heavy atom. The van der Waals surface area contributed by atoms with Crippen LogP contribution in [0.25, 0.3) is 0 Å². The second kappa shape index (κ2) is 13.7. The molecule has 1 aromatic heterocycles. The van der Waals surface area contributed by atoms with Gasteiger partial charge in [0, 0.05) is 43.5 Å². The molecule has 0 radical (unpaired) electrons. The first kappa shape index (κ1) is 31.2. The van der Waals surface area contributed by atoms with E-state index in [1.54, 1.807) is 11.3 Å². The van der Waals surface area contributed by atoms with Gasteiger partial charge in [0.25, 0.3) is 0 Å². The minimum absolute atomic E-state index is 0.00768. The Morgan fingerprint density at radius 3 is 2.41 bits per heavy atom. The van der Waals surface area contributed by atoms with E-state index >= 15 is 0 Å². The average Bonchev–Trinajstić information content (AvgIpc) is 3.50. The highest BCUT2D eigenvalue weighted by molar-refractivity contribution is 7.10. The summed E-state index contributed by atoms with van der Waals surface area (Å²) in [7, 11) is 0. The van der Waals surface area contributed by atoms with Crippen LogP contribution < -0.4 is 16.4 Å². The summed E-state index contributed by atoms with van der Waals surface area (Å²) in [4.78, 5) is 47.5. The number of piperidine rings is 3. The number of thiophene rings is 1. The van der Waals surface area contributed by atoms with E-state index in [0.717, 1.165) is 74.6 Å². The molecule has 4 aliphatic rings. The number of hydrogen-bond acceptors (Lipinski definition) is 6. The monoisotopic (exact) mass is 640 g/mol. The number of benzene rings is 1. The molecule has 5 heterocycles. The van der Waals surface area contributed by atoms with Crippen molar-refractivity contribution in [2.45, 2.75) is 70.9 Å². The molecule has 9 nitrogen and oxygen atoms in total. The molecule has 1 atom stereocenters. The highest BCUT2D eigenvalue weighted by atomic mass is 35.5. The first-order valence-corrected chi connectivity index (χ1v) is 17.5. The molecule has 4 amide bonds. The standard InChI is InChI=1S/C33H45ClN6O3S/c1-21-16-22(18-27(34)31(21)35)17-25(32(42)39-11-4-24(5-12-39)23-2-9-36-10-3-23)19-30(41)38-13-6-26(7-14-38)40-20-29-28(8-15-44-29)37-33(40)43/h8,15-16,18,23-26,36H,2-7,9-14,17,19-20,35H2,1H3,(H,37,43)/t25-/m0/s1. The van der Waals surface area contributed by atoms with Crippen molar-refractivity contribution in [1.82, 2.24) is 20.0 Å². The second-order valence-corrected chi connectivity index (χ2v) is 14.5. The van der Waals surface area contributed by atoms with Crippen molar-refractivity contribution in [3.05, 3.63) is 44.6 Å². The molecule has 11 heteroatoms. The zero-order chi connectivity index (χ0) is 30.8. The Balaban J connectivity index is 1.09. The van der Waals surface area contributed by atoms with Crippen LogP contribution in [0.3, 0.4) is 0 Å². The van der Waals surface area contributed by atoms with Crippen LogP contribution in [0.4, 0.5) is 16.2 Å². The lowest BCUT2D eigenvalue weighted by Crippen LogP contribution is -2.51. The molecule has 4 N–H and O–H groups in total. The van der Waals surface area contributed by atoms with Crippen LogP contribution in [0.2, 0.25) is 5.02 Å². The van der Waals surface area contributed by atoms with Crippen LogP contribution in [-0.4, -0.2) is 77.9 Å². The molecule has 1 aromatic carbocycles. The molecule has 4 aliphatic heterocycles. The van der Waals surface area contributed by atoms with Gasteiger partial charge in [-0.25, -0.2) is 4.79 Å². The van der Waals surface area contributed by atoms with Crippen molar-refractivity contribution < 1.29 is 14.4 Å². The van der Waals surface area contributed by atoms with Crippen LogP contribution in [0.1, 0.15) is 60.9 Å². The Bertz CT molecular complexity index is 1340. The van der Waals surface area contributed by atoms with Gasteiger partial charge >= 0.3 is 6.03 Å². The highest BCUT2D eigenvalue weighted by Gasteiger charge is 2.36. The maximum absolute atomic E-state index is 14.1. The summed E-state index contributed by atoms with van der Waals surface area (Å²) in [5.74, 6) is 1.04. The third kappa shape index (κ3) is 6.87. The second-order valence-electron chi connectivity index (χ2n) is 13.1. The Hall–Kier alpha value is -2.82.